The van der Waals surface area contributed by atoms with Crippen LogP contribution in [0.2, 0.25) is 0 Å². The van der Waals surface area contributed by atoms with Gasteiger partial charge in [-0.3, -0.25) is 4.99 Å². The van der Waals surface area contributed by atoms with Gasteiger partial charge >= 0.3 is 0 Å². The third-order valence-corrected chi connectivity index (χ3v) is 3.30. The van der Waals surface area contributed by atoms with E-state index in [1.54, 1.807) is 6.07 Å². The van der Waals surface area contributed by atoms with Gasteiger partial charge in [0, 0.05) is 25.2 Å². The van der Waals surface area contributed by atoms with Crippen molar-refractivity contribution in [2.24, 2.45) is 10.7 Å². The number of phenols is 1. The number of hydrogen-bond donors (Lipinski definition) is 3. The number of nitrogens with two attached hydrogens (primary N) is 1. The molecular weight excluding hydrogens is 250 g/mol. The molecule has 0 heterocycles. The zero-order valence-electron chi connectivity index (χ0n) is 11.8. The Kier molecular flexibility index (Phi) is 4.71. The molecular formula is C16H21N3O. The lowest BCUT2D eigenvalue weighted by Crippen LogP contribution is -2.25. The van der Waals surface area contributed by atoms with Crippen molar-refractivity contribution in [1.29, 1.82) is 0 Å². The predicted octanol–water partition coefficient (Wildman–Crippen LogP) is 1.62. The molecule has 1 aliphatic rings. The molecule has 0 unspecified atom stereocenters. The smallest absolute Gasteiger partial charge is 0.125 e. The summed E-state index contributed by atoms with van der Waals surface area (Å²) in [7, 11) is 0. The van der Waals surface area contributed by atoms with Crippen LogP contribution in [0.25, 0.3) is 5.57 Å². The molecule has 4 heteroatoms. The molecule has 1 aliphatic carbocycles. The van der Waals surface area contributed by atoms with Crippen LogP contribution in [0.1, 0.15) is 16.7 Å². The van der Waals surface area contributed by atoms with Gasteiger partial charge in [-0.15, -0.1) is 0 Å². The van der Waals surface area contributed by atoms with E-state index in [4.69, 9.17) is 5.73 Å². The van der Waals surface area contributed by atoms with Gasteiger partial charge in [-0.2, -0.15) is 0 Å². The van der Waals surface area contributed by atoms with E-state index < -0.39 is 0 Å². The second kappa shape index (κ2) is 6.50. The predicted molar refractivity (Wildman–Crippen MR) is 84.3 cm³/mol. The van der Waals surface area contributed by atoms with Crippen LogP contribution in [-0.4, -0.2) is 37.0 Å². The van der Waals surface area contributed by atoms with Gasteiger partial charge in [0.15, 0.2) is 0 Å². The Morgan fingerprint density at radius 1 is 1.25 bits per heavy atom. The van der Waals surface area contributed by atoms with Crippen molar-refractivity contribution >= 4 is 11.3 Å². The first-order valence-electron chi connectivity index (χ1n) is 6.80. The van der Waals surface area contributed by atoms with Gasteiger partial charge in [0.2, 0.25) is 0 Å². The maximum absolute atomic E-state index is 10.1. The minimum Gasteiger partial charge on any atom is -0.507 e. The van der Waals surface area contributed by atoms with Gasteiger partial charge < -0.3 is 16.2 Å². The van der Waals surface area contributed by atoms with Crippen LogP contribution in [0, 0.1) is 6.92 Å². The normalized spacial score (nSPS) is 15.7. The second-order valence-corrected chi connectivity index (χ2v) is 4.82. The fourth-order valence-electron chi connectivity index (χ4n) is 2.33. The molecule has 0 bridgehead atoms. The van der Waals surface area contributed by atoms with Crippen molar-refractivity contribution in [2.45, 2.75) is 6.92 Å². The largest absolute Gasteiger partial charge is 0.507 e. The topological polar surface area (TPSA) is 70.6 Å². The monoisotopic (exact) mass is 271 g/mol. The first kappa shape index (κ1) is 14.5. The molecule has 0 aromatic heterocycles. The van der Waals surface area contributed by atoms with Crippen molar-refractivity contribution in [2.75, 3.05) is 26.2 Å². The average Bonchev–Trinajstić information content (AvgIpc) is 2.44. The first-order valence-corrected chi connectivity index (χ1v) is 6.80. The number of phenolic OH excluding ortho intramolecular Hbond substituents is 1. The number of aromatic hydroxyl groups is 1. The van der Waals surface area contributed by atoms with E-state index in [9.17, 15) is 5.11 Å². The highest BCUT2D eigenvalue weighted by Gasteiger charge is 2.19. The lowest BCUT2D eigenvalue weighted by molar-refractivity contribution is 0.474. The molecule has 1 aromatic carbocycles. The molecule has 0 radical (unpaired) electrons. The number of aryl methyl sites for hydroxylation is 1. The summed E-state index contributed by atoms with van der Waals surface area (Å²) in [6, 6.07) is 3.61. The standard InChI is InChI=1S/C16H21N3O/c1-11-3-5-13(19-10-9-18-8-7-17)16-14(20)6-4-12(2)15(11)16/h3-6,18,20H,1,7-10,17H2,2H3. The highest BCUT2D eigenvalue weighted by atomic mass is 16.3. The molecule has 106 valence electrons. The van der Waals surface area contributed by atoms with E-state index in [0.717, 1.165) is 41.1 Å². The highest BCUT2D eigenvalue weighted by molar-refractivity contribution is 6.17. The summed E-state index contributed by atoms with van der Waals surface area (Å²) in [5, 5.41) is 13.3. The Bertz CT molecular complexity index is 573. The van der Waals surface area contributed by atoms with Crippen LogP contribution >= 0.6 is 0 Å². The maximum Gasteiger partial charge on any atom is 0.125 e. The van der Waals surface area contributed by atoms with Gasteiger partial charge in [0.05, 0.1) is 12.3 Å². The summed E-state index contributed by atoms with van der Waals surface area (Å²) in [5.41, 5.74) is 10.0. The summed E-state index contributed by atoms with van der Waals surface area (Å²) in [6.07, 6.45) is 3.85. The molecule has 20 heavy (non-hydrogen) atoms. The first-order chi connectivity index (χ1) is 9.65. The van der Waals surface area contributed by atoms with Crippen LogP contribution in [-0.2, 0) is 0 Å². The summed E-state index contributed by atoms with van der Waals surface area (Å²) in [6.45, 7) is 8.89. The van der Waals surface area contributed by atoms with E-state index in [1.165, 1.54) is 0 Å². The molecule has 0 fully saturated rings. The molecule has 0 amide bonds. The van der Waals surface area contributed by atoms with Gasteiger partial charge in [-0.25, -0.2) is 0 Å². The number of nitrogens with one attached hydrogen (secondary N) is 1. The van der Waals surface area contributed by atoms with Gasteiger partial charge in [-0.05, 0) is 35.8 Å². The van der Waals surface area contributed by atoms with Crippen molar-refractivity contribution in [3.8, 4) is 5.75 Å². The Balaban J connectivity index is 2.25. The van der Waals surface area contributed by atoms with Crippen LogP contribution in [0.3, 0.4) is 0 Å². The second-order valence-electron chi connectivity index (χ2n) is 4.82. The maximum atomic E-state index is 10.1. The summed E-state index contributed by atoms with van der Waals surface area (Å²) >= 11 is 0. The minimum absolute atomic E-state index is 0.254. The highest BCUT2D eigenvalue weighted by Crippen LogP contribution is 2.33. The number of nitrogens with zero attached hydrogens (tertiary/aromatic N) is 1. The van der Waals surface area contributed by atoms with Crippen molar-refractivity contribution in [3.63, 3.8) is 0 Å². The minimum atomic E-state index is 0.254. The summed E-state index contributed by atoms with van der Waals surface area (Å²) in [4.78, 5) is 4.56. The molecule has 0 atom stereocenters. The Hall–Kier alpha value is -1.91. The zero-order chi connectivity index (χ0) is 14.5. The number of allylic oxidation sites excluding steroid dienone is 3. The molecule has 4 N–H and O–H groups in total. The van der Waals surface area contributed by atoms with Crippen LogP contribution < -0.4 is 11.1 Å². The van der Waals surface area contributed by atoms with Crippen molar-refractivity contribution in [3.05, 3.63) is 47.6 Å². The van der Waals surface area contributed by atoms with E-state index in [-0.39, 0.29) is 5.75 Å². The quantitative estimate of drug-likeness (QED) is 0.713. The fourth-order valence-corrected chi connectivity index (χ4v) is 2.33. The number of benzene rings is 1. The fraction of sp³-hybridized carbons (Fsp3) is 0.312. The van der Waals surface area contributed by atoms with E-state index in [1.807, 2.05) is 25.1 Å². The Labute approximate surface area is 119 Å². The summed E-state index contributed by atoms with van der Waals surface area (Å²) < 4.78 is 0. The zero-order valence-corrected chi connectivity index (χ0v) is 11.8. The number of rotatable bonds is 5. The number of fused-ring (bicyclic) bond motifs is 1. The van der Waals surface area contributed by atoms with Crippen LogP contribution in [0.5, 0.6) is 5.75 Å². The molecule has 1 aromatic rings. The Morgan fingerprint density at radius 3 is 2.80 bits per heavy atom. The van der Waals surface area contributed by atoms with Crippen molar-refractivity contribution in [1.82, 2.24) is 5.32 Å². The molecule has 0 spiro atoms. The lowest BCUT2D eigenvalue weighted by atomic mass is 9.88. The van der Waals surface area contributed by atoms with Gasteiger partial charge in [-0.1, -0.05) is 18.7 Å². The van der Waals surface area contributed by atoms with Gasteiger partial charge in [0.25, 0.3) is 0 Å². The van der Waals surface area contributed by atoms with Crippen LogP contribution in [0.4, 0.5) is 0 Å². The molecule has 4 nitrogen and oxygen atoms in total. The van der Waals surface area contributed by atoms with E-state index in [0.29, 0.717) is 13.1 Å². The van der Waals surface area contributed by atoms with E-state index >= 15 is 0 Å². The molecule has 0 saturated heterocycles. The molecule has 2 rings (SSSR count). The molecule has 0 saturated carbocycles. The average molecular weight is 271 g/mol. The Morgan fingerprint density at radius 2 is 2.05 bits per heavy atom. The lowest BCUT2D eigenvalue weighted by Gasteiger charge is -2.19. The van der Waals surface area contributed by atoms with Crippen molar-refractivity contribution < 1.29 is 5.11 Å². The third-order valence-electron chi connectivity index (χ3n) is 3.30. The van der Waals surface area contributed by atoms with E-state index in [2.05, 4.69) is 16.9 Å². The SMILES string of the molecule is C=C1C=CC(=NCCNCCN)c2c(O)ccc(C)c21. The molecule has 0 aliphatic heterocycles. The number of aliphatic imine (C=N–C) groups is 1. The summed E-state index contributed by atoms with van der Waals surface area (Å²) in [5.74, 6) is 0.254. The van der Waals surface area contributed by atoms with Crippen LogP contribution in [0.15, 0.2) is 35.9 Å². The van der Waals surface area contributed by atoms with Gasteiger partial charge in [0.1, 0.15) is 5.75 Å². The third kappa shape index (κ3) is 2.98. The number of hydrogen-bond acceptors (Lipinski definition) is 4.